The molecule has 1 aromatic rings. The van der Waals surface area contributed by atoms with Gasteiger partial charge in [0.15, 0.2) is 0 Å². The Morgan fingerprint density at radius 2 is 1.90 bits per heavy atom. The van der Waals surface area contributed by atoms with Crippen molar-refractivity contribution in [3.8, 4) is 0 Å². The van der Waals surface area contributed by atoms with E-state index in [4.69, 9.17) is 5.73 Å². The minimum atomic E-state index is -4.36. The van der Waals surface area contributed by atoms with E-state index >= 15 is 0 Å². The van der Waals surface area contributed by atoms with Crippen molar-refractivity contribution >= 4 is 5.69 Å². The second kappa shape index (κ2) is 7.69. The van der Waals surface area contributed by atoms with Crippen LogP contribution in [0.3, 0.4) is 0 Å². The second-order valence-electron chi connectivity index (χ2n) is 5.50. The van der Waals surface area contributed by atoms with E-state index in [9.17, 15) is 13.2 Å². The highest BCUT2D eigenvalue weighted by Crippen LogP contribution is 2.34. The summed E-state index contributed by atoms with van der Waals surface area (Å²) < 4.78 is 39.4. The molecule has 120 valence electrons. The van der Waals surface area contributed by atoms with Crippen LogP contribution in [0.2, 0.25) is 0 Å². The van der Waals surface area contributed by atoms with Crippen LogP contribution in [0.4, 0.5) is 18.9 Å². The molecule has 0 aliphatic carbocycles. The van der Waals surface area contributed by atoms with Crippen molar-refractivity contribution in [1.29, 1.82) is 0 Å². The van der Waals surface area contributed by atoms with Gasteiger partial charge in [0.1, 0.15) is 0 Å². The molecule has 2 nitrogen and oxygen atoms in total. The highest BCUT2D eigenvalue weighted by atomic mass is 19.4. The summed E-state index contributed by atoms with van der Waals surface area (Å²) in [6.07, 6.45) is -1.43. The number of nitrogen functional groups attached to an aromatic ring is 1. The zero-order chi connectivity index (χ0) is 16.0. The number of unbranched alkanes of at least 4 members (excludes halogenated alkanes) is 1. The van der Waals surface area contributed by atoms with Gasteiger partial charge in [0.05, 0.1) is 5.56 Å². The molecule has 1 atom stereocenters. The van der Waals surface area contributed by atoms with E-state index < -0.39 is 11.7 Å². The van der Waals surface area contributed by atoms with E-state index in [0.717, 1.165) is 31.9 Å². The number of halogens is 3. The molecule has 0 radical (unpaired) electrons. The van der Waals surface area contributed by atoms with Crippen LogP contribution in [-0.4, -0.2) is 17.5 Å². The average Bonchev–Trinajstić information content (AvgIpc) is 2.42. The van der Waals surface area contributed by atoms with E-state index in [1.54, 1.807) is 6.07 Å². The monoisotopic (exact) mass is 302 g/mol. The molecule has 0 saturated carbocycles. The fourth-order valence-corrected chi connectivity index (χ4v) is 2.29. The molecule has 0 aromatic heterocycles. The lowest BCUT2D eigenvalue weighted by atomic mass is 10.0. The van der Waals surface area contributed by atoms with E-state index in [2.05, 4.69) is 25.7 Å². The first-order valence-corrected chi connectivity index (χ1v) is 7.49. The summed E-state index contributed by atoms with van der Waals surface area (Å²) in [7, 11) is 0. The van der Waals surface area contributed by atoms with Gasteiger partial charge < -0.3 is 5.73 Å². The maximum atomic E-state index is 13.1. The molecule has 2 N–H and O–H groups in total. The molecule has 0 heterocycles. The van der Waals surface area contributed by atoms with Gasteiger partial charge in [-0.3, -0.25) is 4.90 Å². The summed E-state index contributed by atoms with van der Waals surface area (Å²) in [5, 5.41) is 0. The molecule has 0 bridgehead atoms. The van der Waals surface area contributed by atoms with Gasteiger partial charge in [0.2, 0.25) is 0 Å². The fourth-order valence-electron chi connectivity index (χ4n) is 2.29. The number of nitrogens with two attached hydrogens (primary N) is 1. The predicted octanol–water partition coefficient (Wildman–Crippen LogP) is 4.69. The zero-order valence-electron chi connectivity index (χ0n) is 13.0. The van der Waals surface area contributed by atoms with Gasteiger partial charge in [0.25, 0.3) is 0 Å². The standard InChI is InChI=1S/C16H25F3N2/c1-4-6-9-21(12(3)5-2)11-13-7-8-14(20)10-15(13)16(17,18)19/h7-8,10,12H,4-6,9,11,20H2,1-3H3. The molecule has 5 heteroatoms. The molecule has 0 fully saturated rings. The third-order valence-electron chi connectivity index (χ3n) is 3.83. The molecule has 0 amide bonds. The average molecular weight is 302 g/mol. The number of hydrogen-bond acceptors (Lipinski definition) is 2. The molecule has 0 saturated heterocycles. The minimum Gasteiger partial charge on any atom is -0.399 e. The maximum Gasteiger partial charge on any atom is 0.416 e. The molecule has 1 rings (SSSR count). The lowest BCUT2D eigenvalue weighted by Gasteiger charge is -2.29. The first-order valence-electron chi connectivity index (χ1n) is 7.49. The first kappa shape index (κ1) is 17.8. The second-order valence-corrected chi connectivity index (χ2v) is 5.50. The Bertz CT molecular complexity index is 444. The number of nitrogens with zero attached hydrogens (tertiary/aromatic N) is 1. The van der Waals surface area contributed by atoms with Crippen LogP contribution >= 0.6 is 0 Å². The minimum absolute atomic E-state index is 0.148. The summed E-state index contributed by atoms with van der Waals surface area (Å²) in [5.41, 5.74) is 5.34. The summed E-state index contributed by atoms with van der Waals surface area (Å²) in [5.74, 6) is 0. The number of hydrogen-bond donors (Lipinski definition) is 1. The van der Waals surface area contributed by atoms with E-state index in [1.807, 2.05) is 0 Å². The van der Waals surface area contributed by atoms with Crippen molar-refractivity contribution in [2.24, 2.45) is 0 Å². The molecule has 1 unspecified atom stereocenters. The zero-order valence-corrected chi connectivity index (χ0v) is 13.0. The highest BCUT2D eigenvalue weighted by Gasteiger charge is 2.34. The van der Waals surface area contributed by atoms with Crippen LogP contribution in [0.5, 0.6) is 0 Å². The van der Waals surface area contributed by atoms with Gasteiger partial charge in [-0.05, 0) is 44.0 Å². The van der Waals surface area contributed by atoms with Crippen molar-refractivity contribution in [3.05, 3.63) is 29.3 Å². The Labute approximate surface area is 125 Å². The van der Waals surface area contributed by atoms with Crippen LogP contribution in [-0.2, 0) is 12.7 Å². The summed E-state index contributed by atoms with van der Waals surface area (Å²) in [6, 6.07) is 4.33. The third kappa shape index (κ3) is 5.23. The van der Waals surface area contributed by atoms with Gasteiger partial charge in [-0.2, -0.15) is 13.2 Å². The molecule has 1 aromatic carbocycles. The van der Waals surface area contributed by atoms with Crippen LogP contribution < -0.4 is 5.73 Å². The van der Waals surface area contributed by atoms with Crippen LogP contribution in [0.1, 0.15) is 51.2 Å². The van der Waals surface area contributed by atoms with Crippen molar-refractivity contribution < 1.29 is 13.2 Å². The molecule has 21 heavy (non-hydrogen) atoms. The quantitative estimate of drug-likeness (QED) is 0.740. The maximum absolute atomic E-state index is 13.1. The highest BCUT2D eigenvalue weighted by molar-refractivity contribution is 5.46. The van der Waals surface area contributed by atoms with Gasteiger partial charge in [-0.15, -0.1) is 0 Å². The van der Waals surface area contributed by atoms with E-state index in [-0.39, 0.29) is 11.7 Å². The van der Waals surface area contributed by atoms with Crippen molar-refractivity contribution in [3.63, 3.8) is 0 Å². The van der Waals surface area contributed by atoms with Gasteiger partial charge in [0, 0.05) is 18.3 Å². The lowest BCUT2D eigenvalue weighted by Crippen LogP contribution is -2.33. The van der Waals surface area contributed by atoms with E-state index in [1.165, 1.54) is 6.07 Å². The Kier molecular flexibility index (Phi) is 6.52. The van der Waals surface area contributed by atoms with Gasteiger partial charge >= 0.3 is 6.18 Å². The summed E-state index contributed by atoms with van der Waals surface area (Å²) in [6.45, 7) is 7.31. The fraction of sp³-hybridized carbons (Fsp3) is 0.625. The lowest BCUT2D eigenvalue weighted by molar-refractivity contribution is -0.138. The SMILES string of the molecule is CCCCN(Cc1ccc(N)cc1C(F)(F)F)C(C)CC. The Morgan fingerprint density at radius 1 is 1.24 bits per heavy atom. The van der Waals surface area contributed by atoms with Crippen LogP contribution in [0, 0.1) is 0 Å². The van der Waals surface area contributed by atoms with Crippen molar-refractivity contribution in [1.82, 2.24) is 4.90 Å². The van der Waals surface area contributed by atoms with Crippen LogP contribution in [0.25, 0.3) is 0 Å². The molecule has 0 aliphatic heterocycles. The smallest absolute Gasteiger partial charge is 0.399 e. The summed E-state index contributed by atoms with van der Waals surface area (Å²) >= 11 is 0. The van der Waals surface area contributed by atoms with E-state index in [0.29, 0.717) is 12.1 Å². The number of benzene rings is 1. The summed E-state index contributed by atoms with van der Waals surface area (Å²) in [4.78, 5) is 2.12. The number of alkyl halides is 3. The van der Waals surface area contributed by atoms with Crippen molar-refractivity contribution in [2.45, 2.75) is 58.8 Å². The molecular weight excluding hydrogens is 277 g/mol. The Hall–Kier alpha value is -1.23. The predicted molar refractivity (Wildman–Crippen MR) is 80.9 cm³/mol. The topological polar surface area (TPSA) is 29.3 Å². The van der Waals surface area contributed by atoms with Gasteiger partial charge in [-0.1, -0.05) is 26.3 Å². The first-order chi connectivity index (χ1) is 9.79. The normalized spacial score (nSPS) is 13.7. The Morgan fingerprint density at radius 3 is 2.43 bits per heavy atom. The third-order valence-corrected chi connectivity index (χ3v) is 3.83. The number of anilines is 1. The molecule has 0 spiro atoms. The largest absolute Gasteiger partial charge is 0.416 e. The molecule has 0 aliphatic rings. The van der Waals surface area contributed by atoms with Crippen LogP contribution in [0.15, 0.2) is 18.2 Å². The Balaban J connectivity index is 3.02. The molecular formula is C16H25F3N2. The number of rotatable bonds is 7. The van der Waals surface area contributed by atoms with Crippen molar-refractivity contribution in [2.75, 3.05) is 12.3 Å². The van der Waals surface area contributed by atoms with Gasteiger partial charge in [-0.25, -0.2) is 0 Å².